The molecule has 5 rings (SSSR count). The molecule has 35 heavy (non-hydrogen) atoms. The Kier molecular flexibility index (Phi) is 5.93. The molecular formula is C27H37N5O3. The number of rotatable bonds is 5. The molecule has 1 saturated carbocycles. The summed E-state index contributed by atoms with van der Waals surface area (Å²) in [6.07, 6.45) is 5.77. The number of amides is 2. The Morgan fingerprint density at radius 1 is 1.14 bits per heavy atom. The number of anilines is 2. The summed E-state index contributed by atoms with van der Waals surface area (Å²) in [6, 6.07) is 12.0. The highest BCUT2D eigenvalue weighted by atomic mass is 16.6. The number of fused-ring (bicyclic) bond motifs is 1. The standard InChI is InChI=1S/C27H37N5O3/c1-26(2,3)35-25(34)28-20-9-7-16-32(18-20)24(33)27(23-12-8-15-31(23)17-19-13-14-19)29-21-10-5-6-11-22(21)30(27)4/h5-6,8,10-12,15,19-20,29H,7,9,13-14,16-18H2,1-4H3,(H,28,34)/t20-,27?/m1/s1. The number of hydrogen-bond acceptors (Lipinski definition) is 5. The lowest BCUT2D eigenvalue weighted by atomic mass is 9.99. The summed E-state index contributed by atoms with van der Waals surface area (Å²) in [5.74, 6) is 0.683. The number of hydrogen-bond donors (Lipinski definition) is 2. The van der Waals surface area contributed by atoms with Gasteiger partial charge in [0, 0.05) is 38.9 Å². The van der Waals surface area contributed by atoms with Crippen LogP contribution in [-0.4, -0.2) is 53.2 Å². The molecule has 3 aliphatic rings. The molecular weight excluding hydrogens is 442 g/mol. The molecule has 1 aromatic heterocycles. The Balaban J connectivity index is 1.43. The maximum absolute atomic E-state index is 14.5. The molecule has 8 heteroatoms. The molecule has 2 aliphatic heterocycles. The van der Waals surface area contributed by atoms with Crippen molar-refractivity contribution >= 4 is 23.4 Å². The number of piperidine rings is 1. The molecule has 0 bridgehead atoms. The molecule has 3 heterocycles. The topological polar surface area (TPSA) is 78.8 Å². The molecule has 188 valence electrons. The van der Waals surface area contributed by atoms with Crippen LogP contribution in [0.5, 0.6) is 0 Å². The van der Waals surface area contributed by atoms with Gasteiger partial charge in [-0.2, -0.15) is 0 Å². The second-order valence-electron chi connectivity index (χ2n) is 11.1. The fourth-order valence-corrected chi connectivity index (χ4v) is 5.34. The first kappa shape index (κ1) is 23.6. The molecule has 2 amide bonds. The Morgan fingerprint density at radius 3 is 2.63 bits per heavy atom. The van der Waals surface area contributed by atoms with Gasteiger partial charge in [0.2, 0.25) is 5.66 Å². The van der Waals surface area contributed by atoms with Crippen molar-refractivity contribution in [1.82, 2.24) is 14.8 Å². The first-order valence-corrected chi connectivity index (χ1v) is 12.7. The number of alkyl carbamates (subject to hydrolysis) is 1. The van der Waals surface area contributed by atoms with Gasteiger partial charge >= 0.3 is 6.09 Å². The first-order valence-electron chi connectivity index (χ1n) is 12.7. The number of para-hydroxylation sites is 2. The van der Waals surface area contributed by atoms with Crippen molar-refractivity contribution in [1.29, 1.82) is 0 Å². The lowest BCUT2D eigenvalue weighted by Gasteiger charge is -2.43. The second kappa shape index (κ2) is 8.81. The molecule has 2 aromatic rings. The molecule has 2 atom stereocenters. The van der Waals surface area contributed by atoms with Gasteiger partial charge in [-0.1, -0.05) is 12.1 Å². The van der Waals surface area contributed by atoms with E-state index in [1.54, 1.807) is 0 Å². The van der Waals surface area contributed by atoms with Crippen LogP contribution in [0.4, 0.5) is 16.2 Å². The van der Waals surface area contributed by atoms with Crippen molar-refractivity contribution in [3.05, 3.63) is 48.3 Å². The van der Waals surface area contributed by atoms with Crippen LogP contribution >= 0.6 is 0 Å². The molecule has 0 radical (unpaired) electrons. The molecule has 2 fully saturated rings. The predicted molar refractivity (Wildman–Crippen MR) is 136 cm³/mol. The zero-order chi connectivity index (χ0) is 24.8. The number of carbonyl (C=O) groups is 2. The van der Waals surface area contributed by atoms with E-state index < -0.39 is 17.4 Å². The van der Waals surface area contributed by atoms with E-state index in [0.29, 0.717) is 19.0 Å². The maximum Gasteiger partial charge on any atom is 0.407 e. The zero-order valence-electron chi connectivity index (χ0n) is 21.2. The average molecular weight is 480 g/mol. The number of likely N-dealkylation sites (N-methyl/N-ethyl adjacent to an activating group) is 1. The van der Waals surface area contributed by atoms with Crippen LogP contribution in [0.25, 0.3) is 0 Å². The maximum atomic E-state index is 14.5. The third-order valence-electron chi connectivity index (χ3n) is 7.18. The Labute approximate surface area is 207 Å². The van der Waals surface area contributed by atoms with Gasteiger partial charge in [0.15, 0.2) is 0 Å². The van der Waals surface area contributed by atoms with Gasteiger partial charge in [-0.15, -0.1) is 0 Å². The van der Waals surface area contributed by atoms with Crippen molar-refractivity contribution < 1.29 is 14.3 Å². The minimum atomic E-state index is -1.05. The van der Waals surface area contributed by atoms with Crippen LogP contribution < -0.4 is 15.5 Å². The molecule has 1 unspecified atom stereocenters. The summed E-state index contributed by atoms with van der Waals surface area (Å²) in [7, 11) is 1.99. The van der Waals surface area contributed by atoms with E-state index in [1.807, 2.05) is 57.0 Å². The van der Waals surface area contributed by atoms with Crippen molar-refractivity contribution in [2.45, 2.75) is 70.3 Å². The van der Waals surface area contributed by atoms with Crippen molar-refractivity contribution in [2.75, 3.05) is 30.4 Å². The quantitative estimate of drug-likeness (QED) is 0.674. The minimum absolute atomic E-state index is 0.00244. The summed E-state index contributed by atoms with van der Waals surface area (Å²) < 4.78 is 7.70. The van der Waals surface area contributed by atoms with Gasteiger partial charge in [0.25, 0.3) is 5.91 Å². The Bertz CT molecular complexity index is 1100. The van der Waals surface area contributed by atoms with Gasteiger partial charge in [0.05, 0.1) is 17.1 Å². The average Bonchev–Trinajstić information content (AvgIpc) is 3.41. The SMILES string of the molecule is CN1c2ccccc2NC1(C(=O)N1CCC[C@@H](NC(=O)OC(C)(C)C)C1)c1cccn1CC1CC1. The van der Waals surface area contributed by atoms with Gasteiger partial charge < -0.3 is 29.7 Å². The smallest absolute Gasteiger partial charge is 0.407 e. The van der Waals surface area contributed by atoms with E-state index in [-0.39, 0.29) is 11.9 Å². The van der Waals surface area contributed by atoms with Crippen LogP contribution in [0.15, 0.2) is 42.6 Å². The highest BCUT2D eigenvalue weighted by molar-refractivity contribution is 5.99. The van der Waals surface area contributed by atoms with E-state index in [2.05, 4.69) is 38.4 Å². The fraction of sp³-hybridized carbons (Fsp3) is 0.556. The molecule has 8 nitrogen and oxygen atoms in total. The lowest BCUT2D eigenvalue weighted by molar-refractivity contribution is -0.137. The summed E-state index contributed by atoms with van der Waals surface area (Å²) in [5.41, 5.74) is 1.29. The number of nitrogens with one attached hydrogen (secondary N) is 2. The summed E-state index contributed by atoms with van der Waals surface area (Å²) >= 11 is 0. The van der Waals surface area contributed by atoms with E-state index >= 15 is 0 Å². The molecule has 0 spiro atoms. The van der Waals surface area contributed by atoms with E-state index in [9.17, 15) is 9.59 Å². The van der Waals surface area contributed by atoms with Crippen LogP contribution in [0.2, 0.25) is 0 Å². The number of benzene rings is 1. The monoisotopic (exact) mass is 479 g/mol. The number of carbonyl (C=O) groups excluding carboxylic acids is 2. The molecule has 1 aliphatic carbocycles. The van der Waals surface area contributed by atoms with E-state index in [0.717, 1.165) is 36.5 Å². The van der Waals surface area contributed by atoms with Crippen molar-refractivity contribution in [3.8, 4) is 0 Å². The Morgan fingerprint density at radius 2 is 1.91 bits per heavy atom. The van der Waals surface area contributed by atoms with E-state index in [1.165, 1.54) is 12.8 Å². The first-order chi connectivity index (χ1) is 16.7. The fourth-order valence-electron chi connectivity index (χ4n) is 5.34. The van der Waals surface area contributed by atoms with Crippen molar-refractivity contribution in [3.63, 3.8) is 0 Å². The lowest BCUT2D eigenvalue weighted by Crippen LogP contribution is -2.62. The third-order valence-corrected chi connectivity index (χ3v) is 7.18. The van der Waals surface area contributed by atoms with Gasteiger partial charge in [-0.3, -0.25) is 4.79 Å². The third kappa shape index (κ3) is 4.58. The van der Waals surface area contributed by atoms with Gasteiger partial charge in [0.1, 0.15) is 5.60 Å². The number of likely N-dealkylation sites (tertiary alicyclic amines) is 1. The van der Waals surface area contributed by atoms with E-state index in [4.69, 9.17) is 4.74 Å². The normalized spacial score (nSPS) is 24.1. The predicted octanol–water partition coefficient (Wildman–Crippen LogP) is 4.13. The Hall–Kier alpha value is -3.16. The van der Waals surface area contributed by atoms with Crippen molar-refractivity contribution in [2.24, 2.45) is 5.92 Å². The van der Waals surface area contributed by atoms with Gasteiger partial charge in [-0.05, 0) is 76.6 Å². The number of nitrogens with zero attached hydrogens (tertiary/aromatic N) is 3. The zero-order valence-corrected chi connectivity index (χ0v) is 21.2. The van der Waals surface area contributed by atoms with Crippen LogP contribution in [-0.2, 0) is 21.7 Å². The van der Waals surface area contributed by atoms with Gasteiger partial charge in [-0.25, -0.2) is 4.79 Å². The summed E-state index contributed by atoms with van der Waals surface area (Å²) in [4.78, 5) is 30.9. The summed E-state index contributed by atoms with van der Waals surface area (Å²) in [6.45, 7) is 7.58. The highest BCUT2D eigenvalue weighted by Gasteiger charge is 2.53. The molecule has 1 saturated heterocycles. The second-order valence-corrected chi connectivity index (χ2v) is 11.1. The molecule has 2 N–H and O–H groups in total. The molecule has 1 aromatic carbocycles. The highest BCUT2D eigenvalue weighted by Crippen LogP contribution is 2.46. The number of aromatic nitrogens is 1. The largest absolute Gasteiger partial charge is 0.444 e. The van der Waals surface area contributed by atoms with Crippen LogP contribution in [0.1, 0.15) is 52.1 Å². The summed E-state index contributed by atoms with van der Waals surface area (Å²) in [5, 5.41) is 6.60. The van der Waals surface area contributed by atoms with Crippen LogP contribution in [0, 0.1) is 5.92 Å². The van der Waals surface area contributed by atoms with Crippen LogP contribution in [0.3, 0.4) is 0 Å². The minimum Gasteiger partial charge on any atom is -0.444 e. The number of ether oxygens (including phenoxy) is 1.